The van der Waals surface area contributed by atoms with Crippen LogP contribution >= 0.6 is 0 Å². The zero-order valence-electron chi connectivity index (χ0n) is 13.0. The normalized spacial score (nSPS) is 26.2. The molecule has 1 heterocycles. The summed E-state index contributed by atoms with van der Waals surface area (Å²) in [6.07, 6.45) is 2.76. The summed E-state index contributed by atoms with van der Waals surface area (Å²) in [6, 6.07) is 6.74. The Hall–Kier alpha value is -1.10. The molecule has 1 aliphatic carbocycles. The van der Waals surface area contributed by atoms with Crippen molar-refractivity contribution in [2.24, 2.45) is 17.6 Å². The largest absolute Gasteiger partial charge is 0.496 e. The molecule has 21 heavy (non-hydrogen) atoms. The number of hydrogen-bond donors (Lipinski definition) is 1. The Bertz CT molecular complexity index is 488. The van der Waals surface area contributed by atoms with Gasteiger partial charge in [-0.2, -0.15) is 0 Å². The van der Waals surface area contributed by atoms with Crippen molar-refractivity contribution < 1.29 is 9.47 Å². The van der Waals surface area contributed by atoms with E-state index in [1.807, 2.05) is 6.07 Å². The van der Waals surface area contributed by atoms with Crippen LogP contribution in [-0.4, -0.2) is 38.3 Å². The van der Waals surface area contributed by atoms with Crippen molar-refractivity contribution in [3.63, 3.8) is 0 Å². The standard InChI is InChI=1S/C17H26N2O2/c1-20-11-14-7-12(3-6-17(14)21-2)8-19-9-15(13-4-5-13)16(18)10-19/h3,6-7,13,15-16H,4-5,8-11,18H2,1-2H3/t15-,16+/m1/s1. The topological polar surface area (TPSA) is 47.7 Å². The van der Waals surface area contributed by atoms with Crippen LogP contribution in [0.4, 0.5) is 0 Å². The van der Waals surface area contributed by atoms with Crippen molar-refractivity contribution in [1.29, 1.82) is 0 Å². The molecule has 1 saturated heterocycles. The third-order valence-corrected chi connectivity index (χ3v) is 4.77. The molecule has 0 aromatic heterocycles. The highest BCUT2D eigenvalue weighted by Gasteiger charge is 2.40. The SMILES string of the molecule is COCc1cc(CN2C[C@H](C3CC3)[C@@H](N)C2)ccc1OC. The average molecular weight is 290 g/mol. The number of benzene rings is 1. The lowest BCUT2D eigenvalue weighted by Gasteiger charge is -2.17. The van der Waals surface area contributed by atoms with E-state index < -0.39 is 0 Å². The second kappa shape index (κ2) is 6.34. The smallest absolute Gasteiger partial charge is 0.124 e. The Morgan fingerprint density at radius 3 is 2.71 bits per heavy atom. The van der Waals surface area contributed by atoms with Crippen molar-refractivity contribution in [2.75, 3.05) is 27.3 Å². The fourth-order valence-electron chi connectivity index (χ4n) is 3.55. The van der Waals surface area contributed by atoms with Crippen LogP contribution in [0, 0.1) is 11.8 Å². The van der Waals surface area contributed by atoms with Gasteiger partial charge in [-0.3, -0.25) is 4.90 Å². The van der Waals surface area contributed by atoms with Gasteiger partial charge in [0.2, 0.25) is 0 Å². The van der Waals surface area contributed by atoms with Gasteiger partial charge in [0.15, 0.2) is 0 Å². The average Bonchev–Trinajstić information content (AvgIpc) is 3.24. The lowest BCUT2D eigenvalue weighted by atomic mass is 9.99. The van der Waals surface area contributed by atoms with Crippen LogP contribution in [0.2, 0.25) is 0 Å². The molecular formula is C17H26N2O2. The second-order valence-corrected chi connectivity index (χ2v) is 6.44. The van der Waals surface area contributed by atoms with Gasteiger partial charge in [0.25, 0.3) is 0 Å². The van der Waals surface area contributed by atoms with Crippen LogP contribution in [0.25, 0.3) is 0 Å². The maximum Gasteiger partial charge on any atom is 0.124 e. The summed E-state index contributed by atoms with van der Waals surface area (Å²) in [6.45, 7) is 3.73. The first-order chi connectivity index (χ1) is 10.2. The zero-order chi connectivity index (χ0) is 14.8. The third-order valence-electron chi connectivity index (χ3n) is 4.77. The van der Waals surface area contributed by atoms with Gasteiger partial charge < -0.3 is 15.2 Å². The minimum atomic E-state index is 0.356. The molecule has 3 rings (SSSR count). The predicted octanol–water partition coefficient (Wildman–Crippen LogP) is 2.01. The van der Waals surface area contributed by atoms with Crippen LogP contribution < -0.4 is 10.5 Å². The fraction of sp³-hybridized carbons (Fsp3) is 0.647. The van der Waals surface area contributed by atoms with Gasteiger partial charge in [-0.25, -0.2) is 0 Å². The van der Waals surface area contributed by atoms with E-state index in [1.165, 1.54) is 18.4 Å². The van der Waals surface area contributed by atoms with Gasteiger partial charge in [-0.15, -0.1) is 0 Å². The van der Waals surface area contributed by atoms with E-state index in [4.69, 9.17) is 15.2 Å². The first-order valence-corrected chi connectivity index (χ1v) is 7.84. The molecule has 0 spiro atoms. The van der Waals surface area contributed by atoms with E-state index in [0.29, 0.717) is 18.6 Å². The molecule has 4 heteroatoms. The number of nitrogens with zero attached hydrogens (tertiary/aromatic N) is 1. The predicted molar refractivity (Wildman–Crippen MR) is 83.2 cm³/mol. The molecule has 0 radical (unpaired) electrons. The molecule has 0 unspecified atom stereocenters. The van der Waals surface area contributed by atoms with Crippen LogP contribution in [0.3, 0.4) is 0 Å². The monoisotopic (exact) mass is 290 g/mol. The zero-order valence-corrected chi connectivity index (χ0v) is 13.0. The summed E-state index contributed by atoms with van der Waals surface area (Å²) in [4.78, 5) is 2.49. The van der Waals surface area contributed by atoms with Gasteiger partial charge >= 0.3 is 0 Å². The molecule has 1 aromatic rings. The summed E-state index contributed by atoms with van der Waals surface area (Å²) in [5.41, 5.74) is 8.73. The number of nitrogens with two attached hydrogens (primary N) is 1. The first kappa shape index (κ1) is 14.8. The third kappa shape index (κ3) is 3.39. The number of ether oxygens (including phenoxy) is 2. The summed E-state index contributed by atoms with van der Waals surface area (Å²) in [5, 5.41) is 0. The van der Waals surface area contributed by atoms with E-state index in [-0.39, 0.29) is 0 Å². The van der Waals surface area contributed by atoms with Crippen molar-refractivity contribution >= 4 is 0 Å². The Morgan fingerprint density at radius 1 is 1.24 bits per heavy atom. The minimum Gasteiger partial charge on any atom is -0.496 e. The molecule has 2 N–H and O–H groups in total. The summed E-state index contributed by atoms with van der Waals surface area (Å²) in [7, 11) is 3.42. The summed E-state index contributed by atoms with van der Waals surface area (Å²) < 4.78 is 10.6. The Balaban J connectivity index is 1.66. The Morgan fingerprint density at radius 2 is 2.05 bits per heavy atom. The van der Waals surface area contributed by atoms with Gasteiger partial charge in [0.1, 0.15) is 5.75 Å². The molecule has 1 saturated carbocycles. The highest BCUT2D eigenvalue weighted by Crippen LogP contribution is 2.41. The van der Waals surface area contributed by atoms with Gasteiger partial charge in [-0.1, -0.05) is 6.07 Å². The quantitative estimate of drug-likeness (QED) is 0.870. The number of likely N-dealkylation sites (tertiary alicyclic amines) is 1. The van der Waals surface area contributed by atoms with Crippen LogP contribution in [0.15, 0.2) is 18.2 Å². The van der Waals surface area contributed by atoms with Crippen molar-refractivity contribution in [1.82, 2.24) is 4.90 Å². The van der Waals surface area contributed by atoms with Gasteiger partial charge in [-0.05, 0) is 42.4 Å². The highest BCUT2D eigenvalue weighted by molar-refractivity contribution is 5.37. The molecule has 116 valence electrons. The van der Waals surface area contributed by atoms with Crippen molar-refractivity contribution in [3.8, 4) is 5.75 Å². The molecule has 0 amide bonds. The molecule has 1 aliphatic heterocycles. The van der Waals surface area contributed by atoms with E-state index in [9.17, 15) is 0 Å². The molecule has 1 aromatic carbocycles. The lowest BCUT2D eigenvalue weighted by molar-refractivity contribution is 0.181. The Kier molecular flexibility index (Phi) is 4.48. The molecule has 2 fully saturated rings. The molecule has 2 atom stereocenters. The van der Waals surface area contributed by atoms with Gasteiger partial charge in [0.05, 0.1) is 13.7 Å². The summed E-state index contributed by atoms with van der Waals surface area (Å²) >= 11 is 0. The molecular weight excluding hydrogens is 264 g/mol. The fourth-order valence-corrected chi connectivity index (χ4v) is 3.55. The number of hydrogen-bond acceptors (Lipinski definition) is 4. The van der Waals surface area contributed by atoms with E-state index in [1.54, 1.807) is 14.2 Å². The number of methoxy groups -OCH3 is 2. The van der Waals surface area contributed by atoms with Crippen LogP contribution in [-0.2, 0) is 17.9 Å². The van der Waals surface area contributed by atoms with E-state index in [0.717, 1.165) is 36.9 Å². The molecule has 0 bridgehead atoms. The van der Waals surface area contributed by atoms with Crippen LogP contribution in [0.5, 0.6) is 5.75 Å². The maximum atomic E-state index is 6.31. The Labute approximate surface area is 127 Å². The van der Waals surface area contributed by atoms with Crippen LogP contribution in [0.1, 0.15) is 24.0 Å². The highest BCUT2D eigenvalue weighted by atomic mass is 16.5. The van der Waals surface area contributed by atoms with E-state index in [2.05, 4.69) is 17.0 Å². The molecule has 2 aliphatic rings. The first-order valence-electron chi connectivity index (χ1n) is 7.84. The molecule has 4 nitrogen and oxygen atoms in total. The van der Waals surface area contributed by atoms with Crippen molar-refractivity contribution in [2.45, 2.75) is 32.0 Å². The minimum absolute atomic E-state index is 0.356. The maximum absolute atomic E-state index is 6.31. The number of rotatable bonds is 6. The van der Waals surface area contributed by atoms with Crippen molar-refractivity contribution in [3.05, 3.63) is 29.3 Å². The van der Waals surface area contributed by atoms with E-state index >= 15 is 0 Å². The summed E-state index contributed by atoms with van der Waals surface area (Å²) in [5.74, 6) is 2.50. The lowest BCUT2D eigenvalue weighted by Crippen LogP contribution is -2.30. The second-order valence-electron chi connectivity index (χ2n) is 6.44. The van der Waals surface area contributed by atoms with Gasteiger partial charge in [0, 0.05) is 38.3 Å².